The Morgan fingerprint density at radius 2 is 1.74 bits per heavy atom. The lowest BCUT2D eigenvalue weighted by atomic mass is 10.2. The molecule has 3 aromatic rings. The lowest BCUT2D eigenvalue weighted by Crippen LogP contribution is -2.15. The minimum absolute atomic E-state index is 0.189. The fraction of sp³-hybridized carbons (Fsp3) is 0.118. The normalized spacial score (nSPS) is 11.1. The summed E-state index contributed by atoms with van der Waals surface area (Å²) in [5.41, 5.74) is 1.96. The van der Waals surface area contributed by atoms with Crippen molar-refractivity contribution in [3.63, 3.8) is 0 Å². The fourth-order valence-corrected chi connectivity index (χ4v) is 3.79. The van der Waals surface area contributed by atoms with Gasteiger partial charge in [-0.3, -0.25) is 9.52 Å². The van der Waals surface area contributed by atoms with Crippen molar-refractivity contribution in [1.82, 2.24) is 15.4 Å². The van der Waals surface area contributed by atoms with Crippen LogP contribution in [0.3, 0.4) is 0 Å². The molecule has 0 fully saturated rings. The van der Waals surface area contributed by atoms with E-state index < -0.39 is 10.0 Å². The zero-order chi connectivity index (χ0) is 19.3. The van der Waals surface area contributed by atoms with E-state index in [-0.39, 0.29) is 16.6 Å². The molecule has 0 saturated carbocycles. The molecule has 0 radical (unpaired) electrons. The topological polar surface area (TPSA) is 117 Å². The van der Waals surface area contributed by atoms with Crippen LogP contribution < -0.4 is 10.0 Å². The second kappa shape index (κ2) is 8.23. The number of amides is 1. The van der Waals surface area contributed by atoms with Crippen LogP contribution >= 0.6 is 11.8 Å². The molecule has 1 aromatic heterocycles. The van der Waals surface area contributed by atoms with E-state index in [0.717, 1.165) is 5.56 Å². The average Bonchev–Trinajstić information content (AvgIpc) is 3.15. The number of aromatic amines is 1. The number of carbonyl (C=O) groups is 1. The third-order valence-electron chi connectivity index (χ3n) is 3.50. The van der Waals surface area contributed by atoms with Crippen molar-refractivity contribution < 1.29 is 13.2 Å². The summed E-state index contributed by atoms with van der Waals surface area (Å²) in [4.78, 5) is 12.1. The molecule has 0 spiro atoms. The van der Waals surface area contributed by atoms with Crippen molar-refractivity contribution in [3.05, 3.63) is 60.3 Å². The molecule has 0 aliphatic rings. The maximum atomic E-state index is 12.4. The van der Waals surface area contributed by atoms with Gasteiger partial charge in [0.1, 0.15) is 5.03 Å². The zero-order valence-corrected chi connectivity index (χ0v) is 16.0. The molecule has 0 bridgehead atoms. The summed E-state index contributed by atoms with van der Waals surface area (Å²) in [6.07, 6.45) is 1.53. The summed E-state index contributed by atoms with van der Waals surface area (Å²) >= 11 is 1.26. The van der Waals surface area contributed by atoms with Crippen molar-refractivity contribution >= 4 is 39.1 Å². The molecule has 0 aliphatic carbocycles. The minimum atomic E-state index is -3.66. The third-order valence-corrected chi connectivity index (χ3v) is 5.79. The first-order chi connectivity index (χ1) is 12.9. The Balaban J connectivity index is 1.58. The van der Waals surface area contributed by atoms with Gasteiger partial charge in [0.2, 0.25) is 5.91 Å². The first-order valence-corrected chi connectivity index (χ1v) is 10.4. The van der Waals surface area contributed by atoms with E-state index in [1.165, 1.54) is 18.0 Å². The average molecular weight is 403 g/mol. The Hall–Kier alpha value is -2.85. The van der Waals surface area contributed by atoms with Crippen LogP contribution in [0, 0.1) is 6.92 Å². The number of H-pyrrole nitrogens is 1. The van der Waals surface area contributed by atoms with Gasteiger partial charge in [0.05, 0.1) is 16.8 Å². The largest absolute Gasteiger partial charge is 0.325 e. The molecular formula is C17H17N5O3S2. The number of aryl methyl sites for hydroxylation is 1. The number of carbonyl (C=O) groups excluding carboxylic acids is 1. The first-order valence-electron chi connectivity index (χ1n) is 7.90. The Kier molecular flexibility index (Phi) is 5.77. The molecular weight excluding hydrogens is 386 g/mol. The van der Waals surface area contributed by atoms with E-state index in [4.69, 9.17) is 0 Å². The van der Waals surface area contributed by atoms with Crippen LogP contribution in [0.15, 0.2) is 64.6 Å². The monoisotopic (exact) mass is 403 g/mol. The quantitative estimate of drug-likeness (QED) is 0.522. The number of thioether (sulfide) groups is 1. The van der Waals surface area contributed by atoms with E-state index in [2.05, 4.69) is 25.4 Å². The van der Waals surface area contributed by atoms with Crippen molar-refractivity contribution in [1.29, 1.82) is 0 Å². The van der Waals surface area contributed by atoms with Crippen LogP contribution in [0.25, 0.3) is 0 Å². The van der Waals surface area contributed by atoms with Crippen molar-refractivity contribution in [2.24, 2.45) is 0 Å². The Labute approximate surface area is 160 Å². The van der Waals surface area contributed by atoms with Gasteiger partial charge in [-0.1, -0.05) is 29.5 Å². The number of nitrogens with one attached hydrogen (secondary N) is 3. The summed E-state index contributed by atoms with van der Waals surface area (Å²) in [7, 11) is -3.66. The Morgan fingerprint density at radius 3 is 2.37 bits per heavy atom. The molecule has 0 atom stereocenters. The lowest BCUT2D eigenvalue weighted by Gasteiger charge is -2.10. The van der Waals surface area contributed by atoms with E-state index in [1.807, 2.05) is 6.92 Å². The van der Waals surface area contributed by atoms with Crippen LogP contribution in [-0.2, 0) is 14.8 Å². The minimum Gasteiger partial charge on any atom is -0.325 e. The number of anilines is 2. The molecule has 10 heteroatoms. The summed E-state index contributed by atoms with van der Waals surface area (Å²) in [6, 6.07) is 13.0. The van der Waals surface area contributed by atoms with E-state index in [9.17, 15) is 13.2 Å². The summed E-state index contributed by atoms with van der Waals surface area (Å²) in [5.74, 6) is -0.00933. The third kappa shape index (κ3) is 5.31. The SMILES string of the molecule is Cc1ccc(S(=O)(=O)Nc2ccc(NC(=O)CSc3cn[nH]n3)cc2)cc1. The molecule has 0 unspecified atom stereocenters. The molecule has 3 N–H and O–H groups in total. The van der Waals surface area contributed by atoms with Crippen LogP contribution in [0.1, 0.15) is 5.56 Å². The Bertz CT molecular complexity index is 1000. The lowest BCUT2D eigenvalue weighted by molar-refractivity contribution is -0.113. The molecule has 8 nitrogen and oxygen atoms in total. The highest BCUT2D eigenvalue weighted by Crippen LogP contribution is 2.19. The van der Waals surface area contributed by atoms with Gasteiger partial charge < -0.3 is 5.32 Å². The van der Waals surface area contributed by atoms with Crippen LogP contribution in [0.4, 0.5) is 11.4 Å². The smallest absolute Gasteiger partial charge is 0.261 e. The first kappa shape index (κ1) is 18.9. The highest BCUT2D eigenvalue weighted by Gasteiger charge is 2.14. The van der Waals surface area contributed by atoms with Gasteiger partial charge in [0.25, 0.3) is 10.0 Å². The zero-order valence-electron chi connectivity index (χ0n) is 14.3. The summed E-state index contributed by atoms with van der Waals surface area (Å²) in [6.45, 7) is 1.89. The predicted octanol–water partition coefficient (Wildman–Crippen LogP) is 2.64. The molecule has 27 heavy (non-hydrogen) atoms. The van der Waals surface area contributed by atoms with Gasteiger partial charge in [-0.05, 0) is 43.3 Å². The second-order valence-electron chi connectivity index (χ2n) is 5.64. The predicted molar refractivity (Wildman–Crippen MR) is 104 cm³/mol. The molecule has 2 aromatic carbocycles. The van der Waals surface area contributed by atoms with Crippen molar-refractivity contribution in [2.45, 2.75) is 16.8 Å². The van der Waals surface area contributed by atoms with Gasteiger partial charge in [-0.15, -0.1) is 5.10 Å². The number of aromatic nitrogens is 3. The number of sulfonamides is 1. The molecule has 140 valence electrons. The van der Waals surface area contributed by atoms with Gasteiger partial charge in [0, 0.05) is 11.4 Å². The van der Waals surface area contributed by atoms with Gasteiger partial charge in [-0.25, -0.2) is 8.42 Å². The highest BCUT2D eigenvalue weighted by molar-refractivity contribution is 7.99. The molecule has 1 heterocycles. The van der Waals surface area contributed by atoms with Crippen molar-refractivity contribution in [3.8, 4) is 0 Å². The van der Waals surface area contributed by atoms with Gasteiger partial charge in [0.15, 0.2) is 0 Å². The standard InChI is InChI=1S/C17H17N5O3S2/c1-12-2-8-15(9-3-12)27(24,25)21-14-6-4-13(5-7-14)19-16(23)11-26-17-10-18-22-20-17/h2-10,21H,11H2,1H3,(H,19,23)(H,18,20,22). The number of hydrogen-bond acceptors (Lipinski definition) is 6. The van der Waals surface area contributed by atoms with E-state index >= 15 is 0 Å². The highest BCUT2D eigenvalue weighted by atomic mass is 32.2. The second-order valence-corrected chi connectivity index (χ2v) is 8.32. The van der Waals surface area contributed by atoms with Crippen LogP contribution in [0.2, 0.25) is 0 Å². The van der Waals surface area contributed by atoms with Crippen molar-refractivity contribution in [2.75, 3.05) is 15.8 Å². The van der Waals surface area contributed by atoms with Crippen LogP contribution in [-0.4, -0.2) is 35.5 Å². The van der Waals surface area contributed by atoms with Crippen LogP contribution in [0.5, 0.6) is 0 Å². The molecule has 3 rings (SSSR count). The fourth-order valence-electron chi connectivity index (χ4n) is 2.15. The molecule has 0 saturated heterocycles. The van der Waals surface area contributed by atoms with E-state index in [0.29, 0.717) is 16.4 Å². The number of rotatable bonds is 7. The van der Waals surface area contributed by atoms with Gasteiger partial charge >= 0.3 is 0 Å². The molecule has 0 aliphatic heterocycles. The van der Waals surface area contributed by atoms with E-state index in [1.54, 1.807) is 48.5 Å². The summed E-state index contributed by atoms with van der Waals surface area (Å²) < 4.78 is 27.3. The number of nitrogens with zero attached hydrogens (tertiary/aromatic N) is 2. The maximum absolute atomic E-state index is 12.4. The number of hydrogen-bond donors (Lipinski definition) is 3. The summed E-state index contributed by atoms with van der Waals surface area (Å²) in [5, 5.41) is 13.4. The maximum Gasteiger partial charge on any atom is 0.261 e. The number of benzene rings is 2. The van der Waals surface area contributed by atoms with Gasteiger partial charge in [-0.2, -0.15) is 10.3 Å². The molecule has 1 amide bonds. The Morgan fingerprint density at radius 1 is 1.07 bits per heavy atom.